The van der Waals surface area contributed by atoms with E-state index in [0.29, 0.717) is 13.0 Å². The first-order valence-corrected chi connectivity index (χ1v) is 13.1. The monoisotopic (exact) mass is 485 g/mol. The molecule has 1 N–H and O–H groups in total. The Bertz CT molecular complexity index is 818. The molecule has 2 rings (SSSR count). The van der Waals surface area contributed by atoms with Gasteiger partial charge in [0, 0.05) is 6.54 Å². The van der Waals surface area contributed by atoms with Crippen LogP contribution < -0.4 is 5.32 Å². The van der Waals surface area contributed by atoms with Gasteiger partial charge in [0.25, 0.3) is 0 Å². The zero-order valence-electron chi connectivity index (χ0n) is 18.6. The molecule has 0 bridgehead atoms. The zero-order valence-corrected chi connectivity index (χ0v) is 19.5. The number of hydrogen-bond acceptors (Lipinski definition) is 4. The molecular weight excluding hydrogens is 454 g/mol. The van der Waals surface area contributed by atoms with Crippen LogP contribution in [0.3, 0.4) is 0 Å². The highest BCUT2D eigenvalue weighted by Gasteiger charge is 2.38. The minimum atomic E-state index is -4.83. The van der Waals surface area contributed by atoms with Crippen LogP contribution in [0.4, 0.5) is 13.2 Å². The third-order valence-electron chi connectivity index (χ3n) is 4.92. The predicted octanol–water partition coefficient (Wildman–Crippen LogP) is 6.63. The molecule has 0 spiro atoms. The number of nitrogens with one attached hydrogen (secondary N) is 1. The summed E-state index contributed by atoms with van der Waals surface area (Å²) in [5.41, 5.74) is 1.85. The Kier molecular flexibility index (Phi) is 11.6. The fourth-order valence-corrected chi connectivity index (χ4v) is 5.28. The van der Waals surface area contributed by atoms with Crippen molar-refractivity contribution in [3.05, 3.63) is 71.8 Å². The number of unbranched alkanes of at least 4 members (excludes halogenated alkanes) is 5. The summed E-state index contributed by atoms with van der Waals surface area (Å²) < 4.78 is 55.1. The first-order valence-electron chi connectivity index (χ1n) is 11.1. The van der Waals surface area contributed by atoms with Crippen molar-refractivity contribution in [2.24, 2.45) is 0 Å². The largest absolute Gasteiger partial charge is 0.471 e. The minimum Gasteiger partial charge on any atom is -0.348 e. The molecule has 0 saturated carbocycles. The molecule has 0 heterocycles. The molecule has 0 radical (unpaired) electrons. The molecule has 0 aliphatic heterocycles. The van der Waals surface area contributed by atoms with E-state index < -0.39 is 19.5 Å². The molecule has 9 heteroatoms. The third kappa shape index (κ3) is 11.5. The van der Waals surface area contributed by atoms with Gasteiger partial charge < -0.3 is 5.32 Å². The van der Waals surface area contributed by atoms with Crippen molar-refractivity contribution in [3.8, 4) is 0 Å². The number of carbonyl (C=O) groups is 1. The number of amides is 1. The second-order valence-corrected chi connectivity index (χ2v) is 10.3. The van der Waals surface area contributed by atoms with E-state index >= 15 is 0 Å². The average Bonchev–Trinajstić information content (AvgIpc) is 2.78. The summed E-state index contributed by atoms with van der Waals surface area (Å²) in [6, 6.07) is 19.0. The zero-order chi connectivity index (χ0) is 24.0. The van der Waals surface area contributed by atoms with E-state index in [0.717, 1.165) is 43.2 Å². The second kappa shape index (κ2) is 14.2. The number of hydrogen-bond donors (Lipinski definition) is 1. The van der Waals surface area contributed by atoms with Crippen LogP contribution in [0.25, 0.3) is 0 Å². The van der Waals surface area contributed by atoms with E-state index in [1.807, 2.05) is 66.0 Å². The van der Waals surface area contributed by atoms with E-state index in [9.17, 15) is 22.5 Å². The molecule has 0 aromatic heterocycles. The van der Waals surface area contributed by atoms with Gasteiger partial charge in [-0.05, 0) is 24.0 Å². The molecule has 0 saturated heterocycles. The van der Waals surface area contributed by atoms with E-state index in [4.69, 9.17) is 9.56 Å². The van der Waals surface area contributed by atoms with Gasteiger partial charge in [-0.3, -0.25) is 9.36 Å². The molecule has 0 aliphatic rings. The fourth-order valence-electron chi connectivity index (χ4n) is 3.26. The van der Waals surface area contributed by atoms with Crippen LogP contribution in [0.1, 0.15) is 49.7 Å². The Morgan fingerprint density at radius 3 is 1.79 bits per heavy atom. The van der Waals surface area contributed by atoms with Gasteiger partial charge in [-0.25, -0.2) is 4.89 Å². The highest BCUT2D eigenvalue weighted by Crippen LogP contribution is 2.53. The normalized spacial score (nSPS) is 12.0. The molecule has 182 valence electrons. The lowest BCUT2D eigenvalue weighted by Crippen LogP contribution is -2.37. The van der Waals surface area contributed by atoms with Crippen LogP contribution in [0.15, 0.2) is 60.7 Å². The molecule has 0 unspecified atom stereocenters. The Labute approximate surface area is 193 Å². The summed E-state index contributed by atoms with van der Waals surface area (Å²) in [7, 11) is -3.09. The number of rotatable bonds is 15. The maximum Gasteiger partial charge on any atom is 0.471 e. The molecule has 33 heavy (non-hydrogen) atoms. The van der Waals surface area contributed by atoms with Crippen molar-refractivity contribution in [1.82, 2.24) is 5.32 Å². The van der Waals surface area contributed by atoms with Crippen molar-refractivity contribution in [1.29, 1.82) is 0 Å². The lowest BCUT2D eigenvalue weighted by molar-refractivity contribution is -0.206. The summed E-state index contributed by atoms with van der Waals surface area (Å²) in [4.78, 5) is 16.0. The highest BCUT2D eigenvalue weighted by atomic mass is 31.2. The summed E-state index contributed by atoms with van der Waals surface area (Å²) in [5, 5.41) is 1.86. The van der Waals surface area contributed by atoms with Crippen molar-refractivity contribution in [2.45, 2.75) is 57.0 Å². The predicted molar refractivity (Wildman–Crippen MR) is 122 cm³/mol. The Hall–Kier alpha value is -2.15. The lowest BCUT2D eigenvalue weighted by Gasteiger charge is -2.18. The summed E-state index contributed by atoms with van der Waals surface area (Å²) >= 11 is 0. The maximum atomic E-state index is 13.4. The quantitative estimate of drug-likeness (QED) is 0.133. The lowest BCUT2D eigenvalue weighted by atomic mass is 10.1. The smallest absolute Gasteiger partial charge is 0.348 e. The van der Waals surface area contributed by atoms with Crippen molar-refractivity contribution < 1.29 is 32.1 Å². The Morgan fingerprint density at radius 1 is 0.788 bits per heavy atom. The van der Waals surface area contributed by atoms with Crippen LogP contribution in [-0.2, 0) is 31.2 Å². The van der Waals surface area contributed by atoms with Crippen LogP contribution in [0.2, 0.25) is 0 Å². The van der Waals surface area contributed by atoms with Crippen molar-refractivity contribution in [3.63, 3.8) is 0 Å². The second-order valence-electron chi connectivity index (χ2n) is 7.87. The maximum absolute atomic E-state index is 13.4. The third-order valence-corrected chi connectivity index (χ3v) is 6.99. The molecule has 0 atom stereocenters. The van der Waals surface area contributed by atoms with Gasteiger partial charge in [0.2, 0.25) is 7.37 Å². The SMILES string of the molecule is O=C(NCCCCCCCCOOP(=O)(Cc1ccccc1)Cc1ccccc1)C(F)(F)F. The van der Waals surface area contributed by atoms with E-state index in [-0.39, 0.29) is 18.9 Å². The number of halogens is 3. The van der Waals surface area contributed by atoms with Gasteiger partial charge in [0.05, 0.1) is 18.9 Å². The highest BCUT2D eigenvalue weighted by molar-refractivity contribution is 7.57. The molecule has 2 aromatic rings. The molecule has 1 amide bonds. The van der Waals surface area contributed by atoms with Crippen LogP contribution in [-0.4, -0.2) is 25.2 Å². The standard InChI is InChI=1S/C24H31F3NO4P/c25-24(26,27)23(29)28-17-11-3-1-2-4-12-18-31-32-33(30,19-21-13-7-5-8-14-21)20-22-15-9-6-10-16-22/h5-10,13-16H,1-4,11-12,17-20H2,(H,28,29). The summed E-state index contributed by atoms with van der Waals surface area (Å²) in [6.07, 6.45) is 0.310. The molecule has 5 nitrogen and oxygen atoms in total. The van der Waals surface area contributed by atoms with Gasteiger partial charge in [-0.2, -0.15) is 17.8 Å². The van der Waals surface area contributed by atoms with E-state index in [2.05, 4.69) is 0 Å². The number of carbonyl (C=O) groups excluding carboxylic acids is 1. The van der Waals surface area contributed by atoms with Gasteiger partial charge in [0.1, 0.15) is 0 Å². The summed E-state index contributed by atoms with van der Waals surface area (Å²) in [5.74, 6) is -1.89. The summed E-state index contributed by atoms with van der Waals surface area (Å²) in [6.45, 7) is 0.336. The first kappa shape index (κ1) is 27.1. The fraction of sp³-hybridized carbons (Fsp3) is 0.458. The van der Waals surface area contributed by atoms with Crippen LogP contribution in [0, 0.1) is 0 Å². The van der Waals surface area contributed by atoms with Crippen LogP contribution >= 0.6 is 7.37 Å². The molecule has 0 aliphatic carbocycles. The van der Waals surface area contributed by atoms with Crippen molar-refractivity contribution in [2.75, 3.05) is 13.2 Å². The first-order chi connectivity index (χ1) is 15.8. The van der Waals surface area contributed by atoms with E-state index in [1.54, 1.807) is 0 Å². The average molecular weight is 485 g/mol. The van der Waals surface area contributed by atoms with Gasteiger partial charge in [-0.1, -0.05) is 86.3 Å². The van der Waals surface area contributed by atoms with Crippen molar-refractivity contribution >= 4 is 13.3 Å². The van der Waals surface area contributed by atoms with Gasteiger partial charge in [0.15, 0.2) is 0 Å². The van der Waals surface area contributed by atoms with E-state index in [1.165, 1.54) is 0 Å². The minimum absolute atomic E-state index is 0.0212. The molecule has 0 fully saturated rings. The van der Waals surface area contributed by atoms with Gasteiger partial charge >= 0.3 is 12.1 Å². The van der Waals surface area contributed by atoms with Crippen LogP contribution in [0.5, 0.6) is 0 Å². The molecule has 2 aromatic carbocycles. The molecular formula is C24H31F3NO4P. The number of alkyl halides is 3. The van der Waals surface area contributed by atoms with Gasteiger partial charge in [-0.15, -0.1) is 0 Å². The topological polar surface area (TPSA) is 64.6 Å². The number of benzene rings is 2. The Morgan fingerprint density at radius 2 is 1.27 bits per heavy atom. The Balaban J connectivity index is 1.63.